The van der Waals surface area contributed by atoms with Crippen molar-refractivity contribution in [3.05, 3.63) is 46.4 Å². The summed E-state index contributed by atoms with van der Waals surface area (Å²) >= 11 is 0. The van der Waals surface area contributed by atoms with Crippen LogP contribution in [-0.2, 0) is 16.6 Å². The number of likely N-dealkylation sites (N-methyl/N-ethyl adjacent to an activating group) is 2. The molecule has 0 saturated carbocycles. The van der Waals surface area contributed by atoms with E-state index < -0.39 is 6.04 Å². The molecule has 27 heavy (non-hydrogen) atoms. The zero-order chi connectivity index (χ0) is 20.3. The first-order valence-electron chi connectivity index (χ1n) is 8.70. The maximum absolute atomic E-state index is 12.9. The van der Waals surface area contributed by atoms with Crippen molar-refractivity contribution < 1.29 is 9.59 Å². The molecule has 2 aromatic rings. The number of aromatic nitrogens is 2. The first kappa shape index (κ1) is 20.4. The molecule has 1 aromatic carbocycles. The second kappa shape index (κ2) is 8.22. The highest BCUT2D eigenvalue weighted by Gasteiger charge is 2.24. The molecule has 1 atom stereocenters. The van der Waals surface area contributed by atoms with Crippen LogP contribution in [0.5, 0.6) is 0 Å². The van der Waals surface area contributed by atoms with Crippen LogP contribution >= 0.6 is 0 Å². The molecule has 0 aliphatic heterocycles. The Morgan fingerprint density at radius 2 is 1.74 bits per heavy atom. The van der Waals surface area contributed by atoms with Crippen molar-refractivity contribution in [2.75, 3.05) is 33.0 Å². The molecule has 1 aromatic heterocycles. The van der Waals surface area contributed by atoms with Crippen LogP contribution in [0, 0.1) is 6.92 Å². The van der Waals surface area contributed by atoms with Crippen LogP contribution in [0.1, 0.15) is 12.6 Å². The summed E-state index contributed by atoms with van der Waals surface area (Å²) in [5.41, 5.74) is 1.31. The van der Waals surface area contributed by atoms with Crippen molar-refractivity contribution in [3.63, 3.8) is 0 Å². The predicted octanol–water partition coefficient (Wildman–Crippen LogP) is 0.831. The minimum Gasteiger partial charge on any atom is -0.348 e. The SMILES string of the molecule is Cc1c(NC(=O)C(C)N(C)CC(=O)N(C)C)c(=O)n(-c2ccccc2)n1C. The molecule has 0 radical (unpaired) electrons. The Balaban J connectivity index is 2.24. The third kappa shape index (κ3) is 4.28. The van der Waals surface area contributed by atoms with Gasteiger partial charge in [-0.05, 0) is 33.0 Å². The van der Waals surface area contributed by atoms with Gasteiger partial charge in [0.05, 0.1) is 24.0 Å². The van der Waals surface area contributed by atoms with Gasteiger partial charge in [-0.3, -0.25) is 24.0 Å². The van der Waals surface area contributed by atoms with E-state index in [1.165, 1.54) is 9.58 Å². The van der Waals surface area contributed by atoms with Gasteiger partial charge in [0.2, 0.25) is 11.8 Å². The molecular weight excluding hydrogens is 346 g/mol. The Labute approximate surface area is 159 Å². The van der Waals surface area contributed by atoms with Crippen LogP contribution in [-0.4, -0.2) is 64.7 Å². The van der Waals surface area contributed by atoms with E-state index in [1.807, 2.05) is 30.3 Å². The van der Waals surface area contributed by atoms with Crippen molar-refractivity contribution in [1.82, 2.24) is 19.2 Å². The van der Waals surface area contributed by atoms with Crippen LogP contribution in [0.4, 0.5) is 5.69 Å². The lowest BCUT2D eigenvalue weighted by molar-refractivity contribution is -0.131. The minimum atomic E-state index is -0.571. The number of carbonyl (C=O) groups is 2. The smallest absolute Gasteiger partial charge is 0.295 e. The average molecular weight is 373 g/mol. The van der Waals surface area contributed by atoms with Crippen molar-refractivity contribution in [2.45, 2.75) is 19.9 Å². The van der Waals surface area contributed by atoms with Gasteiger partial charge in [-0.1, -0.05) is 18.2 Å². The molecule has 146 valence electrons. The summed E-state index contributed by atoms with van der Waals surface area (Å²) in [5, 5.41) is 2.73. The third-order valence-electron chi connectivity index (χ3n) is 4.73. The quantitative estimate of drug-likeness (QED) is 0.814. The Hall–Kier alpha value is -2.87. The molecule has 0 aliphatic carbocycles. The maximum Gasteiger partial charge on any atom is 0.295 e. The van der Waals surface area contributed by atoms with Crippen LogP contribution < -0.4 is 10.9 Å². The van der Waals surface area contributed by atoms with E-state index in [0.717, 1.165) is 5.69 Å². The summed E-state index contributed by atoms with van der Waals surface area (Å²) in [7, 11) is 6.80. The number of nitrogens with one attached hydrogen (secondary N) is 1. The number of hydrogen-bond donors (Lipinski definition) is 1. The van der Waals surface area contributed by atoms with E-state index in [2.05, 4.69) is 5.32 Å². The number of hydrogen-bond acceptors (Lipinski definition) is 4. The highest BCUT2D eigenvalue weighted by molar-refractivity contribution is 5.95. The molecule has 0 fully saturated rings. The highest BCUT2D eigenvalue weighted by Crippen LogP contribution is 2.14. The van der Waals surface area contributed by atoms with Gasteiger partial charge in [0.15, 0.2) is 0 Å². The van der Waals surface area contributed by atoms with Gasteiger partial charge in [0.1, 0.15) is 5.69 Å². The van der Waals surface area contributed by atoms with E-state index in [4.69, 9.17) is 0 Å². The Morgan fingerprint density at radius 1 is 1.15 bits per heavy atom. The van der Waals surface area contributed by atoms with Gasteiger partial charge in [-0.25, -0.2) is 4.68 Å². The van der Waals surface area contributed by atoms with E-state index in [-0.39, 0.29) is 29.6 Å². The number of anilines is 1. The Kier molecular flexibility index (Phi) is 6.22. The molecular formula is C19H27N5O3. The fourth-order valence-corrected chi connectivity index (χ4v) is 2.63. The zero-order valence-electron chi connectivity index (χ0n) is 16.7. The van der Waals surface area contributed by atoms with Crippen LogP contribution in [0.25, 0.3) is 5.69 Å². The topological polar surface area (TPSA) is 79.6 Å². The van der Waals surface area contributed by atoms with Crippen molar-refractivity contribution >= 4 is 17.5 Å². The van der Waals surface area contributed by atoms with Gasteiger partial charge in [-0.2, -0.15) is 0 Å². The molecule has 2 rings (SSSR count). The number of benzene rings is 1. The van der Waals surface area contributed by atoms with E-state index >= 15 is 0 Å². The Morgan fingerprint density at radius 3 is 2.30 bits per heavy atom. The van der Waals surface area contributed by atoms with Crippen molar-refractivity contribution in [3.8, 4) is 5.69 Å². The first-order valence-corrected chi connectivity index (χ1v) is 8.70. The number of rotatable bonds is 6. The maximum atomic E-state index is 12.9. The second-order valence-corrected chi connectivity index (χ2v) is 6.81. The van der Waals surface area contributed by atoms with Gasteiger partial charge >= 0.3 is 0 Å². The molecule has 0 spiro atoms. The highest BCUT2D eigenvalue weighted by atomic mass is 16.2. The molecule has 8 nitrogen and oxygen atoms in total. The fraction of sp³-hybridized carbons (Fsp3) is 0.421. The number of nitrogens with zero attached hydrogens (tertiary/aromatic N) is 4. The van der Waals surface area contributed by atoms with Crippen LogP contribution in [0.3, 0.4) is 0 Å². The van der Waals surface area contributed by atoms with Gasteiger partial charge in [0, 0.05) is 21.1 Å². The standard InChI is InChI=1S/C19H27N5O3/c1-13-17(19(27)24(23(13)6)15-10-8-7-9-11-15)20-18(26)14(2)22(5)12-16(25)21(3)4/h7-11,14H,12H2,1-6H3,(H,20,26). The largest absolute Gasteiger partial charge is 0.348 e. The third-order valence-corrected chi connectivity index (χ3v) is 4.73. The number of carbonyl (C=O) groups excluding carboxylic acids is 2. The normalized spacial score (nSPS) is 12.1. The van der Waals surface area contributed by atoms with Crippen LogP contribution in [0.2, 0.25) is 0 Å². The number of para-hydroxylation sites is 1. The molecule has 2 amide bonds. The molecule has 0 bridgehead atoms. The van der Waals surface area contributed by atoms with Gasteiger partial charge < -0.3 is 10.2 Å². The fourth-order valence-electron chi connectivity index (χ4n) is 2.63. The Bertz CT molecular complexity index is 883. The summed E-state index contributed by atoms with van der Waals surface area (Å²) in [4.78, 5) is 40.5. The minimum absolute atomic E-state index is 0.0977. The lowest BCUT2D eigenvalue weighted by atomic mass is 10.2. The lowest BCUT2D eigenvalue weighted by Crippen LogP contribution is -2.45. The molecule has 1 N–H and O–H groups in total. The van der Waals surface area contributed by atoms with E-state index in [1.54, 1.807) is 51.6 Å². The molecule has 0 aliphatic rings. The molecule has 1 unspecified atom stereocenters. The van der Waals surface area contributed by atoms with E-state index in [9.17, 15) is 14.4 Å². The summed E-state index contributed by atoms with van der Waals surface area (Å²) < 4.78 is 3.21. The first-order chi connectivity index (χ1) is 12.6. The summed E-state index contributed by atoms with van der Waals surface area (Å²) in [6.07, 6.45) is 0. The lowest BCUT2D eigenvalue weighted by Gasteiger charge is -2.24. The molecule has 0 saturated heterocycles. The van der Waals surface area contributed by atoms with Crippen molar-refractivity contribution in [1.29, 1.82) is 0 Å². The zero-order valence-corrected chi connectivity index (χ0v) is 16.7. The van der Waals surface area contributed by atoms with E-state index in [0.29, 0.717) is 5.69 Å². The predicted molar refractivity (Wildman–Crippen MR) is 105 cm³/mol. The molecule has 8 heteroatoms. The average Bonchev–Trinajstić information content (AvgIpc) is 2.84. The number of amides is 2. The van der Waals surface area contributed by atoms with Crippen LogP contribution in [0.15, 0.2) is 35.1 Å². The van der Waals surface area contributed by atoms with Gasteiger partial charge in [0.25, 0.3) is 5.56 Å². The monoisotopic (exact) mass is 373 g/mol. The second-order valence-electron chi connectivity index (χ2n) is 6.81. The molecule has 1 heterocycles. The summed E-state index contributed by atoms with van der Waals surface area (Å²) in [6.45, 7) is 3.59. The summed E-state index contributed by atoms with van der Waals surface area (Å²) in [6, 6.07) is 8.66. The van der Waals surface area contributed by atoms with Crippen molar-refractivity contribution in [2.24, 2.45) is 7.05 Å². The summed E-state index contributed by atoms with van der Waals surface area (Å²) in [5.74, 6) is -0.436. The van der Waals surface area contributed by atoms with Gasteiger partial charge in [-0.15, -0.1) is 0 Å².